The number of rotatable bonds is 5. The Bertz CT molecular complexity index is 1040. The lowest BCUT2D eigenvalue weighted by molar-refractivity contribution is -0.192. The molecule has 184 valence electrons. The second kappa shape index (κ2) is 11.4. The Hall–Kier alpha value is -3.70. The van der Waals surface area contributed by atoms with E-state index in [-0.39, 0.29) is 23.4 Å². The van der Waals surface area contributed by atoms with Gasteiger partial charge < -0.3 is 20.8 Å². The molecular weight excluding hydrogens is 467 g/mol. The van der Waals surface area contributed by atoms with Gasteiger partial charge in [-0.25, -0.2) is 13.6 Å². The average molecular weight is 488 g/mol. The number of anilines is 3. The van der Waals surface area contributed by atoms with Gasteiger partial charge in [-0.3, -0.25) is 9.59 Å². The Balaban J connectivity index is 0.000000509. The first-order chi connectivity index (χ1) is 15.9. The Morgan fingerprint density at radius 2 is 1.35 bits per heavy atom. The molecule has 3 rings (SSSR count). The van der Waals surface area contributed by atoms with Gasteiger partial charge in [-0.05, 0) is 49.9 Å². The van der Waals surface area contributed by atoms with Crippen LogP contribution in [0.1, 0.15) is 25.7 Å². The smallest absolute Gasteiger partial charge is 0.481 e. The first-order valence-electron chi connectivity index (χ1n) is 10.0. The minimum absolute atomic E-state index is 0.0973. The topological polar surface area (TPSA) is 116 Å². The molecule has 0 radical (unpaired) electrons. The predicted octanol–water partition coefficient (Wildman–Crippen LogP) is 5.17. The summed E-state index contributed by atoms with van der Waals surface area (Å²) < 4.78 is 58.7. The van der Waals surface area contributed by atoms with Crippen molar-refractivity contribution in [3.05, 3.63) is 54.1 Å². The number of amides is 1. The zero-order chi connectivity index (χ0) is 25.5. The summed E-state index contributed by atoms with van der Waals surface area (Å²) in [7, 11) is 0. The minimum Gasteiger partial charge on any atom is -0.481 e. The van der Waals surface area contributed by atoms with E-state index in [2.05, 4.69) is 10.6 Å². The van der Waals surface area contributed by atoms with Gasteiger partial charge in [0.15, 0.2) is 0 Å². The molecule has 7 nitrogen and oxygen atoms in total. The molecule has 1 amide bonds. The van der Waals surface area contributed by atoms with Gasteiger partial charge in [-0.15, -0.1) is 0 Å². The molecule has 0 spiro atoms. The van der Waals surface area contributed by atoms with E-state index in [4.69, 9.17) is 15.0 Å². The molecule has 4 N–H and O–H groups in total. The number of carboxylic acids is 2. The Labute approximate surface area is 190 Å². The van der Waals surface area contributed by atoms with Crippen molar-refractivity contribution in [3.63, 3.8) is 0 Å². The van der Waals surface area contributed by atoms with Crippen molar-refractivity contribution in [2.24, 2.45) is 11.8 Å². The van der Waals surface area contributed by atoms with Crippen molar-refractivity contribution in [2.75, 3.05) is 10.6 Å². The molecule has 1 saturated carbocycles. The number of para-hydroxylation sites is 2. The molecule has 0 bridgehead atoms. The summed E-state index contributed by atoms with van der Waals surface area (Å²) in [5.41, 5.74) is 1.06. The number of nitrogens with one attached hydrogen (secondary N) is 2. The monoisotopic (exact) mass is 488 g/mol. The number of halogens is 5. The van der Waals surface area contributed by atoms with Crippen molar-refractivity contribution >= 4 is 34.9 Å². The standard InChI is InChI=1S/C20H20F2N2O3.C2HF3O2/c21-14-9-10-16(15(22)11-14)23-17-3-1-2-4-18(17)24-19(25)12-5-7-13(8-6-12)20(26)27;3-2(4,5)1(6)7/h1-4,9-13,23H,5-8H2,(H,24,25)(H,26,27);(H,6,7). The fraction of sp³-hybridized carbons (Fsp3) is 0.318. The van der Waals surface area contributed by atoms with Gasteiger partial charge in [0.2, 0.25) is 5.91 Å². The zero-order valence-corrected chi connectivity index (χ0v) is 17.5. The second-order valence-electron chi connectivity index (χ2n) is 7.47. The van der Waals surface area contributed by atoms with Crippen LogP contribution in [0.15, 0.2) is 42.5 Å². The number of carbonyl (C=O) groups excluding carboxylic acids is 1. The van der Waals surface area contributed by atoms with Crippen LogP contribution in [0.4, 0.5) is 39.0 Å². The molecule has 2 aromatic carbocycles. The maximum Gasteiger partial charge on any atom is 0.490 e. The van der Waals surface area contributed by atoms with Gasteiger partial charge >= 0.3 is 18.1 Å². The third-order valence-electron chi connectivity index (χ3n) is 5.08. The molecule has 0 atom stereocenters. The summed E-state index contributed by atoms with van der Waals surface area (Å²) in [4.78, 5) is 32.5. The number of hydrogen-bond donors (Lipinski definition) is 4. The van der Waals surface area contributed by atoms with E-state index in [9.17, 15) is 31.5 Å². The van der Waals surface area contributed by atoms with E-state index in [1.807, 2.05) is 0 Å². The summed E-state index contributed by atoms with van der Waals surface area (Å²) in [5.74, 6) is -5.80. The highest BCUT2D eigenvalue weighted by Crippen LogP contribution is 2.32. The number of aliphatic carboxylic acids is 2. The van der Waals surface area contributed by atoms with Crippen LogP contribution in [0.2, 0.25) is 0 Å². The SMILES string of the molecule is O=C(O)C(F)(F)F.O=C(O)C1CCC(C(=O)Nc2ccccc2Nc2ccc(F)cc2F)CC1. The highest BCUT2D eigenvalue weighted by atomic mass is 19.4. The molecule has 0 aromatic heterocycles. The molecule has 1 aliphatic rings. The minimum atomic E-state index is -5.08. The number of carbonyl (C=O) groups is 3. The molecule has 0 saturated heterocycles. The second-order valence-corrected chi connectivity index (χ2v) is 7.47. The van der Waals surface area contributed by atoms with E-state index in [0.717, 1.165) is 12.1 Å². The van der Waals surface area contributed by atoms with Crippen LogP contribution in [0.3, 0.4) is 0 Å². The Kier molecular flexibility index (Phi) is 8.93. The van der Waals surface area contributed by atoms with Gasteiger partial charge in [0, 0.05) is 12.0 Å². The maximum atomic E-state index is 13.9. The first-order valence-corrected chi connectivity index (χ1v) is 10.0. The summed E-state index contributed by atoms with van der Waals surface area (Å²) in [6.45, 7) is 0. The summed E-state index contributed by atoms with van der Waals surface area (Å²) in [6, 6.07) is 10.1. The lowest BCUT2D eigenvalue weighted by Gasteiger charge is -2.25. The quantitative estimate of drug-likeness (QED) is 0.432. The molecule has 2 aromatic rings. The van der Waals surface area contributed by atoms with Crippen LogP contribution in [0, 0.1) is 23.5 Å². The normalized spacial score (nSPS) is 17.7. The van der Waals surface area contributed by atoms with Crippen molar-refractivity contribution < 1.29 is 46.5 Å². The highest BCUT2D eigenvalue weighted by molar-refractivity contribution is 5.96. The highest BCUT2D eigenvalue weighted by Gasteiger charge is 2.38. The third kappa shape index (κ3) is 7.71. The molecular formula is C22H21F5N2O5. The fourth-order valence-corrected chi connectivity index (χ4v) is 3.27. The average Bonchev–Trinajstić information content (AvgIpc) is 2.76. The molecule has 1 aliphatic carbocycles. The summed E-state index contributed by atoms with van der Waals surface area (Å²) in [6.07, 6.45) is -3.09. The first kappa shape index (κ1) is 26.6. The van der Waals surface area contributed by atoms with Crippen LogP contribution < -0.4 is 10.6 Å². The largest absolute Gasteiger partial charge is 0.490 e. The fourth-order valence-electron chi connectivity index (χ4n) is 3.27. The van der Waals surface area contributed by atoms with Gasteiger partial charge in [0.05, 0.1) is 23.0 Å². The molecule has 0 aliphatic heterocycles. The van der Waals surface area contributed by atoms with E-state index < -0.39 is 29.7 Å². The van der Waals surface area contributed by atoms with Crippen molar-refractivity contribution in [3.8, 4) is 0 Å². The summed E-state index contributed by atoms with van der Waals surface area (Å²) >= 11 is 0. The lowest BCUT2D eigenvalue weighted by Crippen LogP contribution is -2.29. The predicted molar refractivity (Wildman–Crippen MR) is 111 cm³/mol. The Morgan fingerprint density at radius 1 is 0.824 bits per heavy atom. The lowest BCUT2D eigenvalue weighted by atomic mass is 9.81. The van der Waals surface area contributed by atoms with Gasteiger partial charge in [-0.1, -0.05) is 12.1 Å². The molecule has 0 unspecified atom stereocenters. The number of carboxylic acid groups (broad SMARTS) is 2. The van der Waals surface area contributed by atoms with E-state index >= 15 is 0 Å². The van der Waals surface area contributed by atoms with Crippen LogP contribution >= 0.6 is 0 Å². The number of benzene rings is 2. The molecule has 12 heteroatoms. The molecule has 0 heterocycles. The van der Waals surface area contributed by atoms with Gasteiger partial charge in [0.1, 0.15) is 11.6 Å². The van der Waals surface area contributed by atoms with Crippen molar-refractivity contribution in [2.45, 2.75) is 31.9 Å². The zero-order valence-electron chi connectivity index (χ0n) is 17.5. The van der Waals surface area contributed by atoms with E-state index in [1.165, 1.54) is 6.07 Å². The van der Waals surface area contributed by atoms with Crippen molar-refractivity contribution in [1.29, 1.82) is 0 Å². The Morgan fingerprint density at radius 3 is 1.85 bits per heavy atom. The third-order valence-corrected chi connectivity index (χ3v) is 5.08. The summed E-state index contributed by atoms with van der Waals surface area (Å²) in [5, 5.41) is 21.9. The molecule has 1 fully saturated rings. The van der Waals surface area contributed by atoms with Gasteiger partial charge in [-0.2, -0.15) is 13.2 Å². The number of alkyl halides is 3. The number of hydrogen-bond acceptors (Lipinski definition) is 4. The van der Waals surface area contributed by atoms with E-state index in [1.54, 1.807) is 24.3 Å². The van der Waals surface area contributed by atoms with Crippen molar-refractivity contribution in [1.82, 2.24) is 0 Å². The van der Waals surface area contributed by atoms with Crippen LogP contribution in [-0.2, 0) is 14.4 Å². The van der Waals surface area contributed by atoms with Gasteiger partial charge in [0.25, 0.3) is 0 Å². The van der Waals surface area contributed by atoms with Crippen LogP contribution in [0.25, 0.3) is 0 Å². The maximum absolute atomic E-state index is 13.9. The van der Waals surface area contributed by atoms with Crippen LogP contribution in [0.5, 0.6) is 0 Å². The van der Waals surface area contributed by atoms with Crippen LogP contribution in [-0.4, -0.2) is 34.2 Å². The van der Waals surface area contributed by atoms with E-state index in [0.29, 0.717) is 37.1 Å². The molecule has 34 heavy (non-hydrogen) atoms.